The van der Waals surface area contributed by atoms with Gasteiger partial charge in [0, 0.05) is 6.54 Å². The van der Waals surface area contributed by atoms with Crippen LogP contribution < -0.4 is 10.6 Å². The standard InChI is InChI=1S/C13H19BrN2O4/c1-3-8(2)9(17)6-15-12(18)7-16-13(19)10-4-5-11(14)20-10/h4-5,8-9,17H,3,6-7H2,1-2H3,(H,15,18)(H,16,19). The average molecular weight is 347 g/mol. The first-order valence-corrected chi connectivity index (χ1v) is 7.21. The number of furan rings is 1. The van der Waals surface area contributed by atoms with Gasteiger partial charge in [0.15, 0.2) is 10.4 Å². The quantitative estimate of drug-likeness (QED) is 0.693. The van der Waals surface area contributed by atoms with E-state index in [0.29, 0.717) is 4.67 Å². The zero-order chi connectivity index (χ0) is 15.1. The monoisotopic (exact) mass is 346 g/mol. The fourth-order valence-corrected chi connectivity index (χ4v) is 1.74. The number of hydrogen-bond acceptors (Lipinski definition) is 4. The van der Waals surface area contributed by atoms with E-state index in [1.54, 1.807) is 6.07 Å². The summed E-state index contributed by atoms with van der Waals surface area (Å²) in [7, 11) is 0. The summed E-state index contributed by atoms with van der Waals surface area (Å²) in [5, 5.41) is 14.7. The Balaban J connectivity index is 2.28. The highest BCUT2D eigenvalue weighted by molar-refractivity contribution is 9.10. The highest BCUT2D eigenvalue weighted by Crippen LogP contribution is 2.13. The summed E-state index contributed by atoms with van der Waals surface area (Å²) in [4.78, 5) is 23.1. The molecule has 0 bridgehead atoms. The summed E-state index contributed by atoms with van der Waals surface area (Å²) in [6.45, 7) is 3.89. The number of aliphatic hydroxyl groups excluding tert-OH is 1. The van der Waals surface area contributed by atoms with Crippen molar-refractivity contribution in [2.45, 2.75) is 26.4 Å². The highest BCUT2D eigenvalue weighted by atomic mass is 79.9. The van der Waals surface area contributed by atoms with E-state index in [9.17, 15) is 14.7 Å². The summed E-state index contributed by atoms with van der Waals surface area (Å²) < 4.78 is 5.50. The normalized spacial score (nSPS) is 13.6. The number of amides is 2. The third-order valence-corrected chi connectivity index (χ3v) is 3.44. The van der Waals surface area contributed by atoms with Crippen molar-refractivity contribution in [3.63, 3.8) is 0 Å². The van der Waals surface area contributed by atoms with Crippen LogP contribution in [0, 0.1) is 5.92 Å². The SMILES string of the molecule is CCC(C)C(O)CNC(=O)CNC(=O)c1ccc(Br)o1. The Bertz CT molecular complexity index is 461. The first-order chi connectivity index (χ1) is 9.43. The van der Waals surface area contributed by atoms with E-state index in [1.807, 2.05) is 13.8 Å². The molecule has 0 radical (unpaired) electrons. The molecular formula is C13H19BrN2O4. The third kappa shape index (κ3) is 5.34. The molecule has 1 aromatic heterocycles. The van der Waals surface area contributed by atoms with Gasteiger partial charge in [-0.1, -0.05) is 20.3 Å². The van der Waals surface area contributed by atoms with Crippen molar-refractivity contribution in [2.24, 2.45) is 5.92 Å². The van der Waals surface area contributed by atoms with Crippen molar-refractivity contribution < 1.29 is 19.1 Å². The summed E-state index contributed by atoms with van der Waals surface area (Å²) in [6.07, 6.45) is 0.252. The fraction of sp³-hybridized carbons (Fsp3) is 0.538. The van der Waals surface area contributed by atoms with Crippen LogP contribution in [0.15, 0.2) is 21.2 Å². The predicted octanol–water partition coefficient (Wildman–Crippen LogP) is 1.30. The molecule has 0 aliphatic rings. The molecule has 0 spiro atoms. The van der Waals surface area contributed by atoms with Crippen LogP contribution in [0.25, 0.3) is 0 Å². The van der Waals surface area contributed by atoms with Crippen LogP contribution in [-0.4, -0.2) is 36.1 Å². The number of carbonyl (C=O) groups is 2. The summed E-state index contributed by atoms with van der Waals surface area (Å²) in [6, 6.07) is 3.10. The van der Waals surface area contributed by atoms with Crippen molar-refractivity contribution >= 4 is 27.7 Å². The van der Waals surface area contributed by atoms with Crippen molar-refractivity contribution in [3.05, 3.63) is 22.6 Å². The fourth-order valence-electron chi connectivity index (χ4n) is 1.44. The Labute approximate surface area is 126 Å². The molecule has 1 rings (SSSR count). The van der Waals surface area contributed by atoms with Gasteiger partial charge in [-0.2, -0.15) is 0 Å². The molecule has 1 heterocycles. The number of aliphatic hydroxyl groups is 1. The lowest BCUT2D eigenvalue weighted by Gasteiger charge is -2.17. The van der Waals surface area contributed by atoms with Crippen LogP contribution in [0.5, 0.6) is 0 Å². The smallest absolute Gasteiger partial charge is 0.287 e. The number of nitrogens with one attached hydrogen (secondary N) is 2. The van der Waals surface area contributed by atoms with E-state index in [0.717, 1.165) is 6.42 Å². The van der Waals surface area contributed by atoms with Gasteiger partial charge < -0.3 is 20.2 Å². The van der Waals surface area contributed by atoms with E-state index < -0.39 is 12.0 Å². The Morgan fingerprint density at radius 3 is 2.65 bits per heavy atom. The Kier molecular flexibility index (Phi) is 6.74. The molecule has 3 N–H and O–H groups in total. The molecule has 0 saturated carbocycles. The Morgan fingerprint density at radius 2 is 2.10 bits per heavy atom. The first kappa shape index (κ1) is 16.7. The molecule has 0 aliphatic carbocycles. The van der Waals surface area contributed by atoms with E-state index in [2.05, 4.69) is 26.6 Å². The predicted molar refractivity (Wildman–Crippen MR) is 77.2 cm³/mol. The van der Waals surface area contributed by atoms with Crippen molar-refractivity contribution in [1.82, 2.24) is 10.6 Å². The first-order valence-electron chi connectivity index (χ1n) is 6.42. The second kappa shape index (κ2) is 8.06. The molecule has 2 atom stereocenters. The van der Waals surface area contributed by atoms with E-state index in [-0.39, 0.29) is 30.7 Å². The van der Waals surface area contributed by atoms with Crippen LogP contribution >= 0.6 is 15.9 Å². The minimum absolute atomic E-state index is 0.116. The molecule has 6 nitrogen and oxygen atoms in total. The molecule has 0 saturated heterocycles. The van der Waals surface area contributed by atoms with Gasteiger partial charge in [-0.25, -0.2) is 0 Å². The molecule has 0 aromatic carbocycles. The maximum absolute atomic E-state index is 11.6. The van der Waals surface area contributed by atoms with Crippen LogP contribution in [0.3, 0.4) is 0 Å². The highest BCUT2D eigenvalue weighted by Gasteiger charge is 2.15. The summed E-state index contributed by atoms with van der Waals surface area (Å²) in [5.74, 6) is -0.575. The van der Waals surface area contributed by atoms with Crippen LogP contribution in [0.2, 0.25) is 0 Å². The van der Waals surface area contributed by atoms with Gasteiger partial charge in [0.05, 0.1) is 12.6 Å². The van der Waals surface area contributed by atoms with E-state index >= 15 is 0 Å². The Morgan fingerprint density at radius 1 is 1.40 bits per heavy atom. The molecule has 2 unspecified atom stereocenters. The maximum atomic E-state index is 11.6. The van der Waals surface area contributed by atoms with E-state index in [4.69, 9.17) is 4.42 Å². The number of carbonyl (C=O) groups excluding carboxylic acids is 2. The lowest BCUT2D eigenvalue weighted by Crippen LogP contribution is -2.41. The zero-order valence-electron chi connectivity index (χ0n) is 11.5. The van der Waals surface area contributed by atoms with Gasteiger partial charge >= 0.3 is 0 Å². The van der Waals surface area contributed by atoms with Gasteiger partial charge in [0.1, 0.15) is 0 Å². The molecule has 112 valence electrons. The maximum Gasteiger partial charge on any atom is 0.287 e. The van der Waals surface area contributed by atoms with Crippen LogP contribution in [0.4, 0.5) is 0 Å². The lowest BCUT2D eigenvalue weighted by molar-refractivity contribution is -0.120. The lowest BCUT2D eigenvalue weighted by atomic mass is 10.0. The summed E-state index contributed by atoms with van der Waals surface area (Å²) in [5.41, 5.74) is 0. The molecule has 2 amide bonds. The van der Waals surface area contributed by atoms with Gasteiger partial charge in [-0.05, 0) is 34.0 Å². The zero-order valence-corrected chi connectivity index (χ0v) is 13.1. The van der Waals surface area contributed by atoms with Crippen LogP contribution in [0.1, 0.15) is 30.8 Å². The number of rotatable bonds is 7. The third-order valence-electron chi connectivity index (χ3n) is 3.02. The number of hydrogen-bond donors (Lipinski definition) is 3. The topological polar surface area (TPSA) is 91.6 Å². The van der Waals surface area contributed by atoms with Gasteiger partial charge in [0.2, 0.25) is 5.91 Å². The minimum Gasteiger partial charge on any atom is -0.444 e. The van der Waals surface area contributed by atoms with Gasteiger partial charge in [-0.15, -0.1) is 0 Å². The average Bonchev–Trinajstić information content (AvgIpc) is 2.87. The van der Waals surface area contributed by atoms with Gasteiger partial charge in [-0.3, -0.25) is 9.59 Å². The molecule has 7 heteroatoms. The van der Waals surface area contributed by atoms with E-state index in [1.165, 1.54) is 6.07 Å². The molecule has 0 fully saturated rings. The van der Waals surface area contributed by atoms with Crippen molar-refractivity contribution in [3.8, 4) is 0 Å². The van der Waals surface area contributed by atoms with Crippen molar-refractivity contribution in [2.75, 3.05) is 13.1 Å². The Hall–Kier alpha value is -1.34. The number of halogens is 1. The second-order valence-electron chi connectivity index (χ2n) is 4.54. The minimum atomic E-state index is -0.583. The summed E-state index contributed by atoms with van der Waals surface area (Å²) >= 11 is 3.09. The van der Waals surface area contributed by atoms with Gasteiger partial charge in [0.25, 0.3) is 5.91 Å². The van der Waals surface area contributed by atoms with Crippen molar-refractivity contribution in [1.29, 1.82) is 0 Å². The molecule has 20 heavy (non-hydrogen) atoms. The largest absolute Gasteiger partial charge is 0.444 e. The molecular weight excluding hydrogens is 328 g/mol. The molecule has 1 aromatic rings. The second-order valence-corrected chi connectivity index (χ2v) is 5.32. The van der Waals surface area contributed by atoms with Crippen LogP contribution in [-0.2, 0) is 4.79 Å². The molecule has 0 aliphatic heterocycles.